The molecule has 0 amide bonds. The van der Waals surface area contributed by atoms with Gasteiger partial charge in [0.25, 0.3) is 0 Å². The highest BCUT2D eigenvalue weighted by Crippen LogP contribution is 2.43. The smallest absolute Gasteiger partial charge is 0.336 e. The van der Waals surface area contributed by atoms with E-state index in [4.69, 9.17) is 4.42 Å². The van der Waals surface area contributed by atoms with Crippen molar-refractivity contribution in [3.63, 3.8) is 0 Å². The molecule has 1 heterocycles. The van der Waals surface area contributed by atoms with Gasteiger partial charge in [-0.25, -0.2) is 9.37 Å². The molecule has 2 aromatic rings. The van der Waals surface area contributed by atoms with Gasteiger partial charge in [-0.2, -0.15) is 0 Å². The molecule has 0 saturated carbocycles. The molecule has 35 heavy (non-hydrogen) atoms. The minimum atomic E-state index is -0.935. The molecule has 0 aromatic heterocycles. The quantitative estimate of drug-likeness (QED) is 0.258. The van der Waals surface area contributed by atoms with Crippen molar-refractivity contribution in [1.82, 2.24) is 4.58 Å². The average molecular weight is 472 g/mol. The fourth-order valence-electron chi connectivity index (χ4n) is 5.17. The highest BCUT2D eigenvalue weighted by Gasteiger charge is 2.24. The van der Waals surface area contributed by atoms with E-state index in [0.717, 1.165) is 76.2 Å². The van der Waals surface area contributed by atoms with Crippen LogP contribution in [-0.2, 0) is 0 Å². The minimum absolute atomic E-state index is 0.289. The van der Waals surface area contributed by atoms with Crippen molar-refractivity contribution in [3.05, 3.63) is 70.6 Å². The number of hydrogen-bond donors (Lipinski definition) is 1. The molecule has 0 unspecified atom stereocenters. The third-order valence-electron chi connectivity index (χ3n) is 6.99. The number of anilines is 1. The second kappa shape index (κ2) is 9.95. The van der Waals surface area contributed by atoms with Gasteiger partial charge in [-0.3, -0.25) is 0 Å². The van der Waals surface area contributed by atoms with E-state index in [9.17, 15) is 9.90 Å². The molecule has 0 fully saturated rings. The molecule has 182 valence electrons. The summed E-state index contributed by atoms with van der Waals surface area (Å²) in [4.78, 5) is 14.5. The number of aromatic carboxylic acids is 1. The first-order valence-electron chi connectivity index (χ1n) is 12.5. The Kier molecular flexibility index (Phi) is 6.97. The molecule has 0 atom stereocenters. The van der Waals surface area contributed by atoms with Crippen LogP contribution in [0.2, 0.25) is 0 Å². The van der Waals surface area contributed by atoms with Crippen LogP contribution in [0.15, 0.2) is 52.9 Å². The molecule has 0 spiro atoms. The van der Waals surface area contributed by atoms with Crippen molar-refractivity contribution in [2.45, 2.75) is 41.5 Å². The summed E-state index contributed by atoms with van der Waals surface area (Å²) in [6.45, 7) is 16.4. The zero-order valence-corrected chi connectivity index (χ0v) is 21.6. The Morgan fingerprint density at radius 3 is 2.23 bits per heavy atom. The number of rotatable bonds is 7. The summed E-state index contributed by atoms with van der Waals surface area (Å²) in [5.74, 6) is -0.176. The molecule has 1 aliphatic heterocycles. The fourth-order valence-corrected chi connectivity index (χ4v) is 5.17. The van der Waals surface area contributed by atoms with Crippen molar-refractivity contribution in [3.8, 4) is 22.5 Å². The van der Waals surface area contributed by atoms with Crippen molar-refractivity contribution < 1.29 is 14.3 Å². The lowest BCUT2D eigenvalue weighted by Gasteiger charge is -2.25. The van der Waals surface area contributed by atoms with E-state index in [1.165, 1.54) is 0 Å². The van der Waals surface area contributed by atoms with Gasteiger partial charge in [0.05, 0.1) is 11.6 Å². The SMILES string of the molecule is CCN(CC)c1cc2oc3cc(=[N+](CC)CC)c(C)cc-3c(-c3ccccc3C(=O)O)c2cc1C. The maximum atomic E-state index is 12.2. The van der Waals surface area contributed by atoms with E-state index in [2.05, 4.69) is 75.3 Å². The lowest BCUT2D eigenvalue weighted by atomic mass is 9.89. The molecular formula is C30H35N2O3+. The Morgan fingerprint density at radius 1 is 0.914 bits per heavy atom. The van der Waals surface area contributed by atoms with Gasteiger partial charge in [0.15, 0.2) is 0 Å². The van der Waals surface area contributed by atoms with E-state index in [1.54, 1.807) is 12.1 Å². The molecule has 5 nitrogen and oxygen atoms in total. The van der Waals surface area contributed by atoms with Gasteiger partial charge in [-0.15, -0.1) is 0 Å². The van der Waals surface area contributed by atoms with Crippen LogP contribution in [0.5, 0.6) is 0 Å². The Bertz CT molecular complexity index is 1440. The summed E-state index contributed by atoms with van der Waals surface area (Å²) in [7, 11) is 0. The van der Waals surface area contributed by atoms with Crippen molar-refractivity contribution >= 4 is 22.6 Å². The van der Waals surface area contributed by atoms with E-state index >= 15 is 0 Å². The highest BCUT2D eigenvalue weighted by atomic mass is 16.4. The van der Waals surface area contributed by atoms with Crippen LogP contribution in [-0.4, -0.2) is 37.3 Å². The van der Waals surface area contributed by atoms with Crippen molar-refractivity contribution in [2.75, 3.05) is 31.1 Å². The summed E-state index contributed by atoms with van der Waals surface area (Å²) in [5.41, 5.74) is 7.00. The van der Waals surface area contributed by atoms with Gasteiger partial charge in [0, 0.05) is 46.9 Å². The summed E-state index contributed by atoms with van der Waals surface area (Å²) < 4.78 is 8.89. The van der Waals surface area contributed by atoms with Crippen LogP contribution in [0.1, 0.15) is 49.2 Å². The van der Waals surface area contributed by atoms with Gasteiger partial charge in [0.2, 0.25) is 5.36 Å². The number of benzene rings is 3. The van der Waals surface area contributed by atoms with Gasteiger partial charge >= 0.3 is 5.97 Å². The monoisotopic (exact) mass is 471 g/mol. The highest BCUT2D eigenvalue weighted by molar-refractivity contribution is 6.08. The Balaban J connectivity index is 2.22. The number of aryl methyl sites for hydroxylation is 2. The van der Waals surface area contributed by atoms with Crippen LogP contribution >= 0.6 is 0 Å². The number of nitrogens with zero attached hydrogens (tertiary/aromatic N) is 2. The lowest BCUT2D eigenvalue weighted by molar-refractivity contribution is 0.0697. The topological polar surface area (TPSA) is 56.7 Å². The molecule has 0 bridgehead atoms. The average Bonchev–Trinajstić information content (AvgIpc) is 2.85. The normalized spacial score (nSPS) is 11.3. The molecule has 4 rings (SSSR count). The molecule has 1 aliphatic carbocycles. The van der Waals surface area contributed by atoms with Gasteiger partial charge in [-0.1, -0.05) is 18.2 Å². The molecule has 2 aromatic carbocycles. The summed E-state index contributed by atoms with van der Waals surface area (Å²) >= 11 is 0. The van der Waals surface area contributed by atoms with E-state index in [1.807, 2.05) is 12.1 Å². The van der Waals surface area contributed by atoms with Crippen LogP contribution < -0.4 is 14.8 Å². The zero-order chi connectivity index (χ0) is 25.3. The first kappa shape index (κ1) is 24.5. The van der Waals surface area contributed by atoms with E-state index < -0.39 is 5.97 Å². The number of carbonyl (C=O) groups is 1. The lowest BCUT2D eigenvalue weighted by Crippen LogP contribution is -2.31. The van der Waals surface area contributed by atoms with Gasteiger partial charge < -0.3 is 14.4 Å². The van der Waals surface area contributed by atoms with Crippen molar-refractivity contribution in [1.29, 1.82) is 0 Å². The minimum Gasteiger partial charge on any atom is -0.478 e. The standard InChI is InChI=1S/C30H34N2O3/c1-7-31(8-2)25-17-27-23(15-19(25)5)29(21-13-11-12-14-22(21)30(33)34)24-16-20(6)26(18-28(24)35-27)32(9-3)10-4/h11-18H,7-10H2,1-6H3/p+1. The second-order valence-electron chi connectivity index (χ2n) is 8.94. The zero-order valence-electron chi connectivity index (χ0n) is 21.6. The number of carboxylic acids is 1. The number of hydrogen-bond acceptors (Lipinski definition) is 3. The molecule has 1 N–H and O–H groups in total. The van der Waals surface area contributed by atoms with Crippen LogP contribution in [0.3, 0.4) is 0 Å². The maximum absolute atomic E-state index is 12.2. The second-order valence-corrected chi connectivity index (χ2v) is 8.94. The predicted octanol–water partition coefficient (Wildman–Crippen LogP) is 6.18. The van der Waals surface area contributed by atoms with Crippen LogP contribution in [0, 0.1) is 13.8 Å². The van der Waals surface area contributed by atoms with E-state index in [0.29, 0.717) is 5.56 Å². The Morgan fingerprint density at radius 2 is 1.60 bits per heavy atom. The first-order chi connectivity index (χ1) is 16.8. The first-order valence-corrected chi connectivity index (χ1v) is 12.5. The van der Waals surface area contributed by atoms with Crippen molar-refractivity contribution in [2.24, 2.45) is 0 Å². The number of fused-ring (bicyclic) bond motifs is 2. The van der Waals surface area contributed by atoms with Gasteiger partial charge in [-0.05, 0) is 70.9 Å². The summed E-state index contributed by atoms with van der Waals surface area (Å²) in [6, 6.07) is 15.8. The maximum Gasteiger partial charge on any atom is 0.336 e. The predicted molar refractivity (Wildman–Crippen MR) is 145 cm³/mol. The van der Waals surface area contributed by atoms with Gasteiger partial charge in [0.1, 0.15) is 24.4 Å². The fraction of sp³-hybridized carbons (Fsp3) is 0.333. The molecule has 2 aliphatic rings. The summed E-state index contributed by atoms with van der Waals surface area (Å²) in [5, 5.41) is 12.1. The Labute approximate surface area is 207 Å². The largest absolute Gasteiger partial charge is 0.478 e. The third-order valence-corrected chi connectivity index (χ3v) is 6.99. The third kappa shape index (κ3) is 4.31. The molecule has 5 heteroatoms. The number of carboxylic acid groups (broad SMARTS) is 1. The Hall–Kier alpha value is -3.60. The summed E-state index contributed by atoms with van der Waals surface area (Å²) in [6.07, 6.45) is 0. The van der Waals surface area contributed by atoms with Crippen LogP contribution in [0.25, 0.3) is 33.4 Å². The van der Waals surface area contributed by atoms with Crippen LogP contribution in [0.4, 0.5) is 5.69 Å². The van der Waals surface area contributed by atoms with E-state index in [-0.39, 0.29) is 5.56 Å². The molecule has 0 radical (unpaired) electrons. The molecule has 0 saturated heterocycles. The molecular weight excluding hydrogens is 436 g/mol.